The zero-order chi connectivity index (χ0) is 17.6. The molecule has 3 fully saturated rings. The quantitative estimate of drug-likeness (QED) is 0.741. The Kier molecular flexibility index (Phi) is 4.57. The molecule has 0 aliphatic carbocycles. The van der Waals surface area contributed by atoms with Crippen LogP contribution in [-0.4, -0.2) is 55.5 Å². The molecule has 0 N–H and O–H groups in total. The number of benzene rings is 1. The third-order valence-corrected chi connectivity index (χ3v) is 6.20. The van der Waals surface area contributed by atoms with E-state index in [1.165, 1.54) is 9.21 Å². The van der Waals surface area contributed by atoms with Crippen LogP contribution in [0.15, 0.2) is 12.1 Å². The van der Waals surface area contributed by atoms with E-state index in [1.54, 1.807) is 0 Å². The van der Waals surface area contributed by atoms with Crippen molar-refractivity contribution in [2.75, 3.05) is 25.9 Å². The van der Waals surface area contributed by atoms with Crippen LogP contribution in [0.5, 0.6) is 0 Å². The second-order valence-corrected chi connectivity index (χ2v) is 8.77. The van der Waals surface area contributed by atoms with Gasteiger partial charge in [0.1, 0.15) is 0 Å². The molecule has 2 bridgehead atoms. The maximum absolute atomic E-state index is 13.5. The summed E-state index contributed by atoms with van der Waals surface area (Å²) in [6, 6.07) is 1.28. The summed E-state index contributed by atoms with van der Waals surface area (Å²) in [5.41, 5.74) is -0.103. The Balaban J connectivity index is 1.91. The molecule has 4 rings (SSSR count). The zero-order valence-corrected chi connectivity index (χ0v) is 14.6. The molecular weight excluding hydrogens is 362 g/mol. The molecule has 0 saturated carbocycles. The molecule has 0 unspecified atom stereocenters. The summed E-state index contributed by atoms with van der Waals surface area (Å²) in [7, 11) is -3.35. The standard InChI is InChI=1S/C15H17ClF2N2O3S/c1-24(22,23)19-6-9-2-3-10(8-19)20(7-9)15(21)11-4-13(17)14(18)5-12(11)16/h4-5,9-10H,2-3,6-8H2,1H3/t9-,10+/m1/s1. The number of halogens is 3. The van der Waals surface area contributed by atoms with Crippen molar-refractivity contribution in [1.29, 1.82) is 0 Å². The van der Waals surface area contributed by atoms with Gasteiger partial charge in [0.25, 0.3) is 5.91 Å². The van der Waals surface area contributed by atoms with E-state index in [-0.39, 0.29) is 29.1 Å². The minimum atomic E-state index is -3.35. The van der Waals surface area contributed by atoms with Gasteiger partial charge >= 0.3 is 0 Å². The fourth-order valence-corrected chi connectivity index (χ4v) is 4.56. The molecule has 24 heavy (non-hydrogen) atoms. The molecule has 1 amide bonds. The summed E-state index contributed by atoms with van der Waals surface area (Å²) in [5, 5.41) is -0.154. The lowest BCUT2D eigenvalue weighted by Crippen LogP contribution is -2.47. The average Bonchev–Trinajstić information content (AvgIpc) is 2.82. The Morgan fingerprint density at radius 1 is 1.17 bits per heavy atom. The number of amides is 1. The Morgan fingerprint density at radius 3 is 2.50 bits per heavy atom. The molecule has 1 aromatic rings. The topological polar surface area (TPSA) is 57.7 Å². The molecular formula is C15H17ClF2N2O3S. The summed E-state index contributed by atoms with van der Waals surface area (Å²) in [5.74, 6) is -2.73. The van der Waals surface area contributed by atoms with Crippen LogP contribution in [0, 0.1) is 17.6 Å². The van der Waals surface area contributed by atoms with Crippen molar-refractivity contribution in [1.82, 2.24) is 9.21 Å². The average molecular weight is 379 g/mol. The Labute approximate surface area is 144 Å². The predicted molar refractivity (Wildman–Crippen MR) is 85.3 cm³/mol. The molecule has 0 radical (unpaired) electrons. The second kappa shape index (κ2) is 6.24. The van der Waals surface area contributed by atoms with Crippen molar-refractivity contribution in [3.8, 4) is 0 Å². The number of carbonyl (C=O) groups excluding carboxylic acids is 1. The van der Waals surface area contributed by atoms with Crippen molar-refractivity contribution >= 4 is 27.5 Å². The first-order chi connectivity index (χ1) is 11.2. The molecule has 9 heteroatoms. The van der Waals surface area contributed by atoms with E-state index in [4.69, 9.17) is 11.6 Å². The SMILES string of the molecule is CS(=O)(=O)N1C[C@H]2CC[C@@H](C1)N(C(=O)c1cc(F)c(F)cc1Cl)C2. The number of carbonyl (C=O) groups is 1. The van der Waals surface area contributed by atoms with Gasteiger partial charge in [0.2, 0.25) is 10.0 Å². The van der Waals surface area contributed by atoms with Crippen LogP contribution in [0.25, 0.3) is 0 Å². The highest BCUT2D eigenvalue weighted by Gasteiger charge is 2.40. The number of hydrogen-bond donors (Lipinski definition) is 0. The van der Waals surface area contributed by atoms with Crippen molar-refractivity contribution in [3.63, 3.8) is 0 Å². The minimum absolute atomic E-state index is 0.0199. The van der Waals surface area contributed by atoms with Gasteiger partial charge in [-0.2, -0.15) is 4.31 Å². The monoisotopic (exact) mass is 378 g/mol. The molecule has 5 nitrogen and oxygen atoms in total. The van der Waals surface area contributed by atoms with Gasteiger partial charge in [0.05, 0.1) is 16.8 Å². The van der Waals surface area contributed by atoms with Crippen LogP contribution < -0.4 is 0 Å². The minimum Gasteiger partial charge on any atom is -0.334 e. The summed E-state index contributed by atoms with van der Waals surface area (Å²) in [4.78, 5) is 14.3. The lowest BCUT2D eigenvalue weighted by molar-refractivity contribution is 0.0588. The van der Waals surface area contributed by atoms with Gasteiger partial charge in [0, 0.05) is 25.7 Å². The third kappa shape index (κ3) is 3.27. The van der Waals surface area contributed by atoms with Gasteiger partial charge < -0.3 is 4.90 Å². The molecule has 3 aliphatic rings. The summed E-state index contributed by atoms with van der Waals surface area (Å²) >= 11 is 5.90. The van der Waals surface area contributed by atoms with Crippen LogP contribution in [0.2, 0.25) is 5.02 Å². The van der Waals surface area contributed by atoms with Crippen LogP contribution in [-0.2, 0) is 10.0 Å². The fourth-order valence-electron chi connectivity index (χ4n) is 3.40. The van der Waals surface area contributed by atoms with Crippen LogP contribution in [0.1, 0.15) is 23.2 Å². The molecule has 3 aliphatic heterocycles. The van der Waals surface area contributed by atoms with Gasteiger partial charge in [-0.25, -0.2) is 17.2 Å². The number of sulfonamides is 1. The maximum Gasteiger partial charge on any atom is 0.255 e. The highest BCUT2D eigenvalue weighted by atomic mass is 35.5. The van der Waals surface area contributed by atoms with E-state index in [9.17, 15) is 22.0 Å². The lowest BCUT2D eigenvalue weighted by atomic mass is 9.94. The zero-order valence-electron chi connectivity index (χ0n) is 13.0. The fraction of sp³-hybridized carbons (Fsp3) is 0.533. The van der Waals surface area contributed by atoms with Crippen LogP contribution in [0.3, 0.4) is 0 Å². The number of rotatable bonds is 2. The van der Waals surface area contributed by atoms with E-state index in [0.717, 1.165) is 24.8 Å². The normalized spacial score (nSPS) is 24.9. The van der Waals surface area contributed by atoms with Gasteiger partial charge in [-0.05, 0) is 30.9 Å². The Morgan fingerprint density at radius 2 is 1.83 bits per heavy atom. The number of nitrogens with zero attached hydrogens (tertiary/aromatic N) is 2. The van der Waals surface area contributed by atoms with Crippen molar-refractivity contribution in [3.05, 3.63) is 34.4 Å². The first kappa shape index (κ1) is 17.6. The third-order valence-electron chi connectivity index (χ3n) is 4.65. The molecule has 132 valence electrons. The van der Waals surface area contributed by atoms with Gasteiger partial charge in [-0.1, -0.05) is 11.6 Å². The van der Waals surface area contributed by atoms with Crippen LogP contribution in [0.4, 0.5) is 8.78 Å². The maximum atomic E-state index is 13.5. The largest absolute Gasteiger partial charge is 0.334 e. The summed E-state index contributed by atoms with van der Waals surface area (Å²) in [6.45, 7) is 0.956. The van der Waals surface area contributed by atoms with Crippen molar-refractivity contribution < 1.29 is 22.0 Å². The van der Waals surface area contributed by atoms with E-state index >= 15 is 0 Å². The van der Waals surface area contributed by atoms with Gasteiger partial charge in [-0.15, -0.1) is 0 Å². The van der Waals surface area contributed by atoms with E-state index in [0.29, 0.717) is 19.5 Å². The number of hydrogen-bond acceptors (Lipinski definition) is 3. The van der Waals surface area contributed by atoms with E-state index in [1.807, 2.05) is 0 Å². The molecule has 3 heterocycles. The second-order valence-electron chi connectivity index (χ2n) is 6.38. The smallest absolute Gasteiger partial charge is 0.255 e. The highest BCUT2D eigenvalue weighted by molar-refractivity contribution is 7.88. The van der Waals surface area contributed by atoms with Crippen molar-refractivity contribution in [2.24, 2.45) is 5.92 Å². The van der Waals surface area contributed by atoms with E-state index in [2.05, 4.69) is 0 Å². The molecule has 0 spiro atoms. The first-order valence-corrected chi connectivity index (χ1v) is 9.80. The molecule has 3 saturated heterocycles. The molecule has 2 atom stereocenters. The Hall–Kier alpha value is -1.25. The number of piperidine rings is 1. The van der Waals surface area contributed by atoms with Crippen molar-refractivity contribution in [2.45, 2.75) is 18.9 Å². The van der Waals surface area contributed by atoms with Gasteiger partial charge in [0.15, 0.2) is 11.6 Å². The van der Waals surface area contributed by atoms with Gasteiger partial charge in [-0.3, -0.25) is 4.79 Å². The molecule has 1 aromatic carbocycles. The lowest BCUT2D eigenvalue weighted by Gasteiger charge is -2.36. The van der Waals surface area contributed by atoms with Crippen LogP contribution >= 0.6 is 11.6 Å². The number of fused-ring (bicyclic) bond motifs is 4. The molecule has 0 aromatic heterocycles. The predicted octanol–water partition coefficient (Wildman–Crippen LogP) is 2.11. The summed E-state index contributed by atoms with van der Waals surface area (Å²) < 4.78 is 51.8. The Bertz CT molecular complexity index is 787. The van der Waals surface area contributed by atoms with E-state index < -0.39 is 27.6 Å². The highest BCUT2D eigenvalue weighted by Crippen LogP contribution is 2.31. The summed E-state index contributed by atoms with van der Waals surface area (Å²) in [6.07, 6.45) is 2.64. The first-order valence-electron chi connectivity index (χ1n) is 7.57.